The monoisotopic (exact) mass is 198 g/mol. The second-order valence-corrected chi connectivity index (χ2v) is 3.27. The summed E-state index contributed by atoms with van der Waals surface area (Å²) in [7, 11) is 0. The molecule has 0 saturated carbocycles. The third-order valence-electron chi connectivity index (χ3n) is 2.46. The Labute approximate surface area is 87.0 Å². The summed E-state index contributed by atoms with van der Waals surface area (Å²) in [5.41, 5.74) is 5.45. The minimum absolute atomic E-state index is 0.0222. The van der Waals surface area contributed by atoms with Gasteiger partial charge >= 0.3 is 0 Å². The average Bonchev–Trinajstić information content (AvgIpc) is 2.23. The van der Waals surface area contributed by atoms with Gasteiger partial charge in [-0.2, -0.15) is 0 Å². The van der Waals surface area contributed by atoms with E-state index in [1.54, 1.807) is 0 Å². The molecular formula is C11H22N2O. The molecule has 14 heavy (non-hydrogen) atoms. The van der Waals surface area contributed by atoms with Crippen molar-refractivity contribution in [2.24, 2.45) is 5.73 Å². The maximum Gasteiger partial charge on any atom is 0.172 e. The van der Waals surface area contributed by atoms with E-state index in [1.165, 1.54) is 6.08 Å². The molecule has 82 valence electrons. The molecule has 1 unspecified atom stereocenters. The van der Waals surface area contributed by atoms with Gasteiger partial charge in [0.25, 0.3) is 0 Å². The fourth-order valence-corrected chi connectivity index (χ4v) is 1.62. The molecule has 0 amide bonds. The van der Waals surface area contributed by atoms with Crippen LogP contribution in [0.2, 0.25) is 0 Å². The summed E-state index contributed by atoms with van der Waals surface area (Å²) in [5, 5.41) is 0. The Kier molecular flexibility index (Phi) is 7.34. The zero-order valence-corrected chi connectivity index (χ0v) is 9.33. The second-order valence-electron chi connectivity index (χ2n) is 3.27. The molecule has 0 rings (SSSR count). The minimum atomic E-state index is -0.0222. The zero-order valence-electron chi connectivity index (χ0n) is 9.33. The van der Waals surface area contributed by atoms with Gasteiger partial charge in [-0.05, 0) is 38.6 Å². The highest BCUT2D eigenvalue weighted by molar-refractivity contribution is 5.93. The van der Waals surface area contributed by atoms with Crippen molar-refractivity contribution >= 4 is 5.78 Å². The van der Waals surface area contributed by atoms with Crippen LogP contribution >= 0.6 is 0 Å². The summed E-state index contributed by atoms with van der Waals surface area (Å²) in [6.45, 7) is 10.1. The number of hydrogen-bond acceptors (Lipinski definition) is 3. The van der Waals surface area contributed by atoms with Crippen molar-refractivity contribution in [1.29, 1.82) is 0 Å². The Morgan fingerprint density at radius 2 is 2.07 bits per heavy atom. The van der Waals surface area contributed by atoms with Gasteiger partial charge in [0.15, 0.2) is 5.78 Å². The molecule has 0 aliphatic carbocycles. The highest BCUT2D eigenvalue weighted by Crippen LogP contribution is 2.08. The first-order valence-electron chi connectivity index (χ1n) is 5.31. The Bertz CT molecular complexity index is 176. The predicted molar refractivity (Wildman–Crippen MR) is 60.2 cm³/mol. The first kappa shape index (κ1) is 13.3. The molecule has 3 heteroatoms. The Hall–Kier alpha value is -0.670. The van der Waals surface area contributed by atoms with Gasteiger partial charge in [0.05, 0.1) is 6.04 Å². The van der Waals surface area contributed by atoms with Gasteiger partial charge in [-0.25, -0.2) is 0 Å². The van der Waals surface area contributed by atoms with E-state index in [-0.39, 0.29) is 11.8 Å². The van der Waals surface area contributed by atoms with Crippen LogP contribution in [0.4, 0.5) is 0 Å². The summed E-state index contributed by atoms with van der Waals surface area (Å²) in [6, 6.07) is -0.0222. The lowest BCUT2D eigenvalue weighted by Crippen LogP contribution is -2.40. The molecule has 0 heterocycles. The molecule has 0 aliphatic heterocycles. The lowest BCUT2D eigenvalue weighted by molar-refractivity contribution is -0.119. The van der Waals surface area contributed by atoms with Crippen LogP contribution in [0.25, 0.3) is 0 Å². The SMILES string of the molecule is C=CC(=O)C(CCCN)N(CC)CC. The molecule has 1 atom stereocenters. The van der Waals surface area contributed by atoms with Crippen LogP contribution in [-0.4, -0.2) is 36.4 Å². The van der Waals surface area contributed by atoms with Crippen molar-refractivity contribution < 1.29 is 4.79 Å². The summed E-state index contributed by atoms with van der Waals surface area (Å²) in [4.78, 5) is 13.7. The predicted octanol–water partition coefficient (Wildman–Crippen LogP) is 1.19. The van der Waals surface area contributed by atoms with Gasteiger partial charge in [0, 0.05) is 0 Å². The van der Waals surface area contributed by atoms with Crippen LogP contribution in [0, 0.1) is 0 Å². The maximum atomic E-state index is 11.6. The normalized spacial score (nSPS) is 12.9. The minimum Gasteiger partial charge on any atom is -0.330 e. The number of rotatable bonds is 8. The average molecular weight is 198 g/mol. The first-order valence-corrected chi connectivity index (χ1v) is 5.31. The van der Waals surface area contributed by atoms with E-state index in [9.17, 15) is 4.79 Å². The lowest BCUT2D eigenvalue weighted by atomic mass is 10.0. The molecular weight excluding hydrogens is 176 g/mol. The Morgan fingerprint density at radius 1 is 1.50 bits per heavy atom. The Morgan fingerprint density at radius 3 is 2.43 bits per heavy atom. The molecule has 0 aromatic rings. The maximum absolute atomic E-state index is 11.6. The van der Waals surface area contributed by atoms with E-state index in [2.05, 4.69) is 25.3 Å². The van der Waals surface area contributed by atoms with Crippen LogP contribution in [0.3, 0.4) is 0 Å². The topological polar surface area (TPSA) is 46.3 Å². The van der Waals surface area contributed by atoms with Crippen molar-refractivity contribution in [1.82, 2.24) is 4.90 Å². The zero-order chi connectivity index (χ0) is 11.0. The molecule has 0 aliphatic rings. The van der Waals surface area contributed by atoms with Gasteiger partial charge < -0.3 is 5.73 Å². The third-order valence-corrected chi connectivity index (χ3v) is 2.46. The summed E-state index contributed by atoms with van der Waals surface area (Å²) >= 11 is 0. The number of hydrogen-bond donors (Lipinski definition) is 1. The summed E-state index contributed by atoms with van der Waals surface area (Å²) < 4.78 is 0. The molecule has 0 saturated heterocycles. The standard InChI is InChI=1S/C11H22N2O/c1-4-11(14)10(8-7-9-12)13(5-2)6-3/h4,10H,1,5-9,12H2,2-3H3. The molecule has 0 bridgehead atoms. The van der Waals surface area contributed by atoms with Gasteiger partial charge in [-0.1, -0.05) is 20.4 Å². The first-order chi connectivity index (χ1) is 6.71. The van der Waals surface area contributed by atoms with Gasteiger partial charge in [0.1, 0.15) is 0 Å². The number of carbonyl (C=O) groups excluding carboxylic acids is 1. The summed E-state index contributed by atoms with van der Waals surface area (Å²) in [5.74, 6) is 0.113. The van der Waals surface area contributed by atoms with E-state index >= 15 is 0 Å². The van der Waals surface area contributed by atoms with E-state index in [1.807, 2.05) is 0 Å². The largest absolute Gasteiger partial charge is 0.330 e. The molecule has 3 nitrogen and oxygen atoms in total. The van der Waals surface area contributed by atoms with Crippen molar-refractivity contribution in [3.8, 4) is 0 Å². The molecule has 0 spiro atoms. The van der Waals surface area contributed by atoms with E-state index in [0.29, 0.717) is 6.54 Å². The van der Waals surface area contributed by atoms with E-state index in [4.69, 9.17) is 5.73 Å². The van der Waals surface area contributed by atoms with E-state index in [0.717, 1.165) is 25.9 Å². The van der Waals surface area contributed by atoms with Crippen molar-refractivity contribution in [2.75, 3.05) is 19.6 Å². The Balaban J connectivity index is 4.35. The van der Waals surface area contributed by atoms with Crippen LogP contribution in [0.5, 0.6) is 0 Å². The highest BCUT2D eigenvalue weighted by Gasteiger charge is 2.20. The van der Waals surface area contributed by atoms with Crippen molar-refractivity contribution in [3.63, 3.8) is 0 Å². The van der Waals surface area contributed by atoms with Crippen molar-refractivity contribution in [3.05, 3.63) is 12.7 Å². The number of nitrogens with two attached hydrogens (primary N) is 1. The number of carbonyl (C=O) groups is 1. The van der Waals surface area contributed by atoms with Gasteiger partial charge in [-0.15, -0.1) is 0 Å². The van der Waals surface area contributed by atoms with Crippen LogP contribution in [-0.2, 0) is 4.79 Å². The quantitative estimate of drug-likeness (QED) is 0.596. The third kappa shape index (κ3) is 4.03. The number of nitrogens with zero attached hydrogens (tertiary/aromatic N) is 1. The molecule has 0 fully saturated rings. The van der Waals surface area contributed by atoms with Crippen LogP contribution in [0.1, 0.15) is 26.7 Å². The fraction of sp³-hybridized carbons (Fsp3) is 0.727. The molecule has 0 radical (unpaired) electrons. The number of ketones is 1. The smallest absolute Gasteiger partial charge is 0.172 e. The fourth-order valence-electron chi connectivity index (χ4n) is 1.62. The molecule has 0 aromatic heterocycles. The molecule has 0 aromatic carbocycles. The van der Waals surface area contributed by atoms with Crippen molar-refractivity contribution in [2.45, 2.75) is 32.7 Å². The number of likely N-dealkylation sites (N-methyl/N-ethyl adjacent to an activating group) is 1. The summed E-state index contributed by atoms with van der Waals surface area (Å²) in [6.07, 6.45) is 3.14. The lowest BCUT2D eigenvalue weighted by Gasteiger charge is -2.27. The second kappa shape index (κ2) is 7.71. The van der Waals surface area contributed by atoms with E-state index < -0.39 is 0 Å². The van der Waals surface area contributed by atoms with Crippen LogP contribution in [0.15, 0.2) is 12.7 Å². The van der Waals surface area contributed by atoms with Gasteiger partial charge in [-0.3, -0.25) is 9.69 Å². The highest BCUT2D eigenvalue weighted by atomic mass is 16.1. The molecule has 2 N–H and O–H groups in total. The van der Waals surface area contributed by atoms with Gasteiger partial charge in [0.2, 0.25) is 0 Å². The van der Waals surface area contributed by atoms with Crippen LogP contribution < -0.4 is 5.73 Å².